The number of fused-ring (bicyclic) bond motifs is 4. The first-order valence-corrected chi connectivity index (χ1v) is 10.9. The number of rotatable bonds is 4. The van der Waals surface area contributed by atoms with Crippen molar-refractivity contribution in [3.05, 3.63) is 64.6 Å². The number of imidazole rings is 1. The van der Waals surface area contributed by atoms with Gasteiger partial charge in [-0.1, -0.05) is 17.7 Å². The summed E-state index contributed by atoms with van der Waals surface area (Å²) >= 11 is 6.49. The Morgan fingerprint density at radius 1 is 1.29 bits per heavy atom. The van der Waals surface area contributed by atoms with Crippen LogP contribution < -0.4 is 10.5 Å². The minimum absolute atomic E-state index is 0.231. The maximum absolute atomic E-state index is 13.6. The van der Waals surface area contributed by atoms with Gasteiger partial charge in [0.2, 0.25) is 0 Å². The fourth-order valence-corrected chi connectivity index (χ4v) is 4.85. The van der Waals surface area contributed by atoms with E-state index in [9.17, 15) is 18.0 Å². The highest BCUT2D eigenvalue weighted by atomic mass is 35.5. The van der Waals surface area contributed by atoms with Crippen LogP contribution in [-0.2, 0) is 6.42 Å². The SMILES string of the molecule is CCN(C(=O)c1cc2c(cc1Cl)nc(N)c1cncn12)[C@@H]1CCc2cc(OC(F)(F)F)ccc21. The molecule has 0 bridgehead atoms. The molecule has 0 fully saturated rings. The van der Waals surface area contributed by atoms with E-state index in [4.69, 9.17) is 17.3 Å². The van der Waals surface area contributed by atoms with E-state index in [0.29, 0.717) is 47.3 Å². The molecule has 34 heavy (non-hydrogen) atoms. The molecule has 0 unspecified atom stereocenters. The van der Waals surface area contributed by atoms with Gasteiger partial charge in [-0.3, -0.25) is 9.20 Å². The van der Waals surface area contributed by atoms with E-state index < -0.39 is 6.36 Å². The number of aromatic nitrogens is 3. The van der Waals surface area contributed by atoms with E-state index in [1.54, 1.807) is 40.0 Å². The molecule has 1 atom stereocenters. The summed E-state index contributed by atoms with van der Waals surface area (Å²) in [5, 5.41) is 0.231. The molecule has 0 radical (unpaired) electrons. The molecule has 0 saturated heterocycles. The molecule has 4 aromatic rings. The van der Waals surface area contributed by atoms with Gasteiger partial charge in [0, 0.05) is 6.54 Å². The van der Waals surface area contributed by atoms with Gasteiger partial charge >= 0.3 is 6.36 Å². The number of nitrogens with two attached hydrogens (primary N) is 1. The number of alkyl halides is 3. The van der Waals surface area contributed by atoms with Gasteiger partial charge in [0.1, 0.15) is 17.1 Å². The van der Waals surface area contributed by atoms with Crippen LogP contribution in [0.4, 0.5) is 19.0 Å². The maximum Gasteiger partial charge on any atom is 0.573 e. The van der Waals surface area contributed by atoms with Crippen LogP contribution in [-0.4, -0.2) is 38.1 Å². The summed E-state index contributed by atoms with van der Waals surface area (Å²) in [4.78, 5) is 23.8. The van der Waals surface area contributed by atoms with Crippen molar-refractivity contribution in [3.63, 3.8) is 0 Å². The average Bonchev–Trinajstić information content (AvgIpc) is 3.41. The van der Waals surface area contributed by atoms with Gasteiger partial charge in [0.15, 0.2) is 0 Å². The highest BCUT2D eigenvalue weighted by Gasteiger charge is 2.34. The summed E-state index contributed by atoms with van der Waals surface area (Å²) in [5.41, 5.74) is 9.58. The zero-order chi connectivity index (χ0) is 24.2. The Bertz CT molecular complexity index is 1440. The van der Waals surface area contributed by atoms with Gasteiger partial charge in [-0.05, 0) is 55.2 Å². The Hall–Kier alpha value is -3.53. The summed E-state index contributed by atoms with van der Waals surface area (Å²) in [7, 11) is 0. The first-order valence-electron chi connectivity index (χ1n) is 10.6. The minimum Gasteiger partial charge on any atom is -0.406 e. The second-order valence-corrected chi connectivity index (χ2v) is 8.43. The van der Waals surface area contributed by atoms with Crippen LogP contribution in [0.2, 0.25) is 5.02 Å². The molecule has 7 nitrogen and oxygen atoms in total. The first kappa shape index (κ1) is 22.3. The average molecular weight is 490 g/mol. The van der Waals surface area contributed by atoms with Gasteiger partial charge in [-0.25, -0.2) is 9.97 Å². The number of benzene rings is 2. The van der Waals surface area contributed by atoms with E-state index in [-0.39, 0.29) is 22.7 Å². The van der Waals surface area contributed by atoms with E-state index in [1.807, 2.05) is 6.92 Å². The standard InChI is InChI=1S/C23H19ClF3N5O2/c1-2-31(18-6-3-12-7-13(4-5-14(12)18)34-23(25,26)27)22(33)15-8-19-17(9-16(15)24)30-21(28)20-10-29-11-32(19)20/h4-5,7-11,18H,2-3,6H2,1H3,(H2,28,30)/t18-/m1/s1. The predicted molar refractivity (Wildman–Crippen MR) is 121 cm³/mol. The second kappa shape index (κ2) is 8.05. The normalized spacial score (nSPS) is 15.6. The van der Waals surface area contributed by atoms with Gasteiger partial charge in [-0.15, -0.1) is 13.2 Å². The molecular formula is C23H19ClF3N5O2. The van der Waals surface area contributed by atoms with Gasteiger partial charge in [-0.2, -0.15) is 0 Å². The minimum atomic E-state index is -4.76. The molecule has 2 heterocycles. The molecule has 5 rings (SSSR count). The van der Waals surface area contributed by atoms with Crippen molar-refractivity contribution in [1.29, 1.82) is 0 Å². The van der Waals surface area contributed by atoms with E-state index in [1.165, 1.54) is 12.1 Å². The van der Waals surface area contributed by atoms with Crippen LogP contribution in [0.25, 0.3) is 16.6 Å². The van der Waals surface area contributed by atoms with Gasteiger partial charge in [0.25, 0.3) is 5.91 Å². The van der Waals surface area contributed by atoms with Crippen LogP contribution >= 0.6 is 11.6 Å². The van der Waals surface area contributed by atoms with Crippen molar-refractivity contribution < 1.29 is 22.7 Å². The molecule has 11 heteroatoms. The quantitative estimate of drug-likeness (QED) is 0.427. The lowest BCUT2D eigenvalue weighted by Crippen LogP contribution is -2.34. The van der Waals surface area contributed by atoms with Crippen molar-refractivity contribution in [2.75, 3.05) is 12.3 Å². The molecule has 1 amide bonds. The van der Waals surface area contributed by atoms with Crippen molar-refractivity contribution >= 4 is 39.9 Å². The van der Waals surface area contributed by atoms with E-state index >= 15 is 0 Å². The van der Waals surface area contributed by atoms with Gasteiger partial charge < -0.3 is 15.4 Å². The van der Waals surface area contributed by atoms with Crippen molar-refractivity contribution in [1.82, 2.24) is 19.3 Å². The third-order valence-corrected chi connectivity index (χ3v) is 6.38. The largest absolute Gasteiger partial charge is 0.573 e. The van der Waals surface area contributed by atoms with E-state index in [2.05, 4.69) is 14.7 Å². The lowest BCUT2D eigenvalue weighted by Gasteiger charge is -2.29. The van der Waals surface area contributed by atoms with Crippen molar-refractivity contribution in [3.8, 4) is 5.75 Å². The Labute approximate surface area is 196 Å². The summed E-state index contributed by atoms with van der Waals surface area (Å²) in [6.45, 7) is 2.24. The van der Waals surface area contributed by atoms with Crippen LogP contribution in [0.3, 0.4) is 0 Å². The molecule has 0 saturated carbocycles. The first-order chi connectivity index (χ1) is 16.2. The third kappa shape index (κ3) is 3.77. The van der Waals surface area contributed by atoms with Crippen molar-refractivity contribution in [2.45, 2.75) is 32.2 Å². The number of carbonyl (C=O) groups is 1. The number of hydrogen-bond donors (Lipinski definition) is 1. The molecule has 2 aromatic heterocycles. The number of aryl methyl sites for hydroxylation is 1. The Morgan fingerprint density at radius 2 is 2.09 bits per heavy atom. The number of amides is 1. The molecule has 1 aliphatic carbocycles. The predicted octanol–water partition coefficient (Wildman–Crippen LogP) is 5.17. The molecule has 176 valence electrons. The fourth-order valence-electron chi connectivity index (χ4n) is 4.61. The van der Waals surface area contributed by atoms with Crippen LogP contribution in [0.15, 0.2) is 42.9 Å². The lowest BCUT2D eigenvalue weighted by atomic mass is 10.0. The summed E-state index contributed by atoms with van der Waals surface area (Å²) < 4.78 is 43.6. The molecule has 0 aliphatic heterocycles. The molecule has 0 spiro atoms. The van der Waals surface area contributed by atoms with E-state index in [0.717, 1.165) is 11.1 Å². The number of anilines is 1. The number of nitrogen functional groups attached to an aromatic ring is 1. The van der Waals surface area contributed by atoms with Crippen molar-refractivity contribution in [2.24, 2.45) is 0 Å². The highest BCUT2D eigenvalue weighted by Crippen LogP contribution is 2.39. The Balaban J connectivity index is 1.51. The zero-order valence-corrected chi connectivity index (χ0v) is 18.7. The van der Waals surface area contributed by atoms with Crippen LogP contribution in [0.1, 0.15) is 40.9 Å². The monoisotopic (exact) mass is 489 g/mol. The third-order valence-electron chi connectivity index (χ3n) is 6.07. The topological polar surface area (TPSA) is 85.8 Å². The second-order valence-electron chi connectivity index (χ2n) is 8.02. The molecular weight excluding hydrogens is 471 g/mol. The summed E-state index contributed by atoms with van der Waals surface area (Å²) in [5.74, 6) is -0.255. The Kier molecular flexibility index (Phi) is 5.27. The maximum atomic E-state index is 13.6. The molecule has 2 N–H and O–H groups in total. The number of ether oxygens (including phenoxy) is 1. The summed E-state index contributed by atoms with van der Waals surface area (Å²) in [6, 6.07) is 7.22. The summed E-state index contributed by atoms with van der Waals surface area (Å²) in [6.07, 6.45) is -0.473. The fraction of sp³-hybridized carbons (Fsp3) is 0.261. The molecule has 2 aromatic carbocycles. The Morgan fingerprint density at radius 3 is 2.82 bits per heavy atom. The van der Waals surface area contributed by atoms with Gasteiger partial charge in [0.05, 0.1) is 40.2 Å². The molecule has 1 aliphatic rings. The highest BCUT2D eigenvalue weighted by molar-refractivity contribution is 6.34. The number of halogens is 4. The van der Waals surface area contributed by atoms with Crippen LogP contribution in [0, 0.1) is 0 Å². The van der Waals surface area contributed by atoms with Crippen LogP contribution in [0.5, 0.6) is 5.75 Å². The number of nitrogens with zero attached hydrogens (tertiary/aromatic N) is 4. The lowest BCUT2D eigenvalue weighted by molar-refractivity contribution is -0.274. The number of carbonyl (C=O) groups excluding carboxylic acids is 1. The number of hydrogen-bond acceptors (Lipinski definition) is 5. The smallest absolute Gasteiger partial charge is 0.406 e. The zero-order valence-electron chi connectivity index (χ0n) is 17.9.